The number of halogens is 1. The van der Waals surface area contributed by atoms with E-state index >= 15 is 0 Å². The number of amides is 1. The molecule has 2 aromatic carbocycles. The van der Waals surface area contributed by atoms with Crippen LogP contribution in [0.2, 0.25) is 0 Å². The fourth-order valence-corrected chi connectivity index (χ4v) is 3.03. The highest BCUT2D eigenvalue weighted by molar-refractivity contribution is 5.79. The summed E-state index contributed by atoms with van der Waals surface area (Å²) in [5, 5.41) is 7.38. The molecule has 3 aromatic rings. The first-order valence-corrected chi connectivity index (χ1v) is 8.70. The predicted molar refractivity (Wildman–Crippen MR) is 102 cm³/mol. The van der Waals surface area contributed by atoms with Gasteiger partial charge in [-0.1, -0.05) is 12.1 Å². The van der Waals surface area contributed by atoms with Gasteiger partial charge in [0.2, 0.25) is 5.91 Å². The fourth-order valence-electron chi connectivity index (χ4n) is 3.03. The van der Waals surface area contributed by atoms with Crippen LogP contribution in [-0.2, 0) is 11.2 Å². The van der Waals surface area contributed by atoms with Crippen molar-refractivity contribution in [2.75, 3.05) is 7.11 Å². The molecule has 0 aliphatic carbocycles. The van der Waals surface area contributed by atoms with Gasteiger partial charge in [-0.2, -0.15) is 5.10 Å². The van der Waals surface area contributed by atoms with E-state index in [1.165, 1.54) is 12.1 Å². The molecule has 1 heterocycles. The van der Waals surface area contributed by atoms with E-state index in [4.69, 9.17) is 4.74 Å². The Morgan fingerprint density at radius 1 is 1.26 bits per heavy atom. The Bertz CT molecular complexity index is 935. The molecular formula is C21H22FN3O2. The summed E-state index contributed by atoms with van der Waals surface area (Å²) in [6.07, 6.45) is 2.00. The maximum Gasteiger partial charge on any atom is 0.224 e. The minimum absolute atomic E-state index is 0.0790. The van der Waals surface area contributed by atoms with Gasteiger partial charge >= 0.3 is 0 Å². The van der Waals surface area contributed by atoms with Crippen molar-refractivity contribution in [1.29, 1.82) is 0 Å². The molecule has 0 fully saturated rings. The largest absolute Gasteiger partial charge is 0.497 e. The first-order valence-electron chi connectivity index (χ1n) is 8.70. The second-order valence-electron chi connectivity index (χ2n) is 6.39. The molecule has 0 saturated carbocycles. The zero-order valence-corrected chi connectivity index (χ0v) is 15.6. The lowest BCUT2D eigenvalue weighted by molar-refractivity contribution is -0.121. The summed E-state index contributed by atoms with van der Waals surface area (Å²) in [5.74, 6) is 0.358. The van der Waals surface area contributed by atoms with Crippen molar-refractivity contribution in [3.63, 3.8) is 0 Å². The molecule has 0 bridgehead atoms. The molecule has 1 atom stereocenters. The van der Waals surface area contributed by atoms with Crippen molar-refractivity contribution in [2.24, 2.45) is 0 Å². The van der Waals surface area contributed by atoms with Gasteiger partial charge in [-0.25, -0.2) is 9.07 Å². The molecule has 0 aliphatic rings. The highest BCUT2D eigenvalue weighted by atomic mass is 19.1. The van der Waals surface area contributed by atoms with Gasteiger partial charge in [0.1, 0.15) is 11.6 Å². The van der Waals surface area contributed by atoms with Crippen molar-refractivity contribution in [3.05, 3.63) is 77.4 Å². The summed E-state index contributed by atoms with van der Waals surface area (Å²) in [4.78, 5) is 12.4. The average molecular weight is 367 g/mol. The first-order chi connectivity index (χ1) is 13.0. The third-order valence-corrected chi connectivity index (χ3v) is 4.46. The number of ether oxygens (including phenoxy) is 1. The zero-order valence-electron chi connectivity index (χ0n) is 15.6. The Morgan fingerprint density at radius 3 is 2.70 bits per heavy atom. The van der Waals surface area contributed by atoms with E-state index in [9.17, 15) is 9.18 Å². The smallest absolute Gasteiger partial charge is 0.224 e. The second kappa shape index (κ2) is 8.03. The van der Waals surface area contributed by atoms with Crippen LogP contribution in [0.4, 0.5) is 4.39 Å². The molecule has 140 valence electrons. The van der Waals surface area contributed by atoms with Crippen LogP contribution in [0, 0.1) is 12.7 Å². The Balaban J connectivity index is 1.69. The quantitative estimate of drug-likeness (QED) is 0.722. The summed E-state index contributed by atoms with van der Waals surface area (Å²) in [6.45, 7) is 3.85. The number of nitrogens with one attached hydrogen (secondary N) is 1. The summed E-state index contributed by atoms with van der Waals surface area (Å²) < 4.78 is 20.0. The number of benzene rings is 2. The molecule has 27 heavy (non-hydrogen) atoms. The SMILES string of the molecule is COc1cccc(CC(=O)NC(C)c2cnn(-c3ccc(F)cc3)c2C)c1. The Labute approximate surface area is 157 Å². The highest BCUT2D eigenvalue weighted by Crippen LogP contribution is 2.21. The number of carbonyl (C=O) groups is 1. The normalized spacial score (nSPS) is 11.9. The minimum Gasteiger partial charge on any atom is -0.497 e. The third kappa shape index (κ3) is 4.34. The van der Waals surface area contributed by atoms with E-state index < -0.39 is 0 Å². The van der Waals surface area contributed by atoms with Crippen molar-refractivity contribution >= 4 is 5.91 Å². The van der Waals surface area contributed by atoms with Crippen LogP contribution in [0.25, 0.3) is 5.69 Å². The van der Waals surface area contributed by atoms with Gasteiger partial charge in [0, 0.05) is 11.3 Å². The monoisotopic (exact) mass is 367 g/mol. The molecule has 6 heteroatoms. The number of rotatable bonds is 6. The van der Waals surface area contributed by atoms with Gasteiger partial charge in [-0.05, 0) is 55.8 Å². The van der Waals surface area contributed by atoms with Crippen molar-refractivity contribution < 1.29 is 13.9 Å². The molecule has 1 amide bonds. The minimum atomic E-state index is -0.290. The lowest BCUT2D eigenvalue weighted by atomic mass is 10.1. The van der Waals surface area contributed by atoms with Gasteiger partial charge in [-0.3, -0.25) is 4.79 Å². The second-order valence-corrected chi connectivity index (χ2v) is 6.39. The molecule has 0 aliphatic heterocycles. The molecule has 0 spiro atoms. The van der Waals surface area contributed by atoms with E-state index in [2.05, 4.69) is 10.4 Å². The number of nitrogens with zero attached hydrogens (tertiary/aromatic N) is 2. The van der Waals surface area contributed by atoms with Crippen molar-refractivity contribution in [1.82, 2.24) is 15.1 Å². The van der Waals surface area contributed by atoms with Crippen LogP contribution < -0.4 is 10.1 Å². The zero-order chi connectivity index (χ0) is 19.4. The molecule has 1 unspecified atom stereocenters. The van der Waals surface area contributed by atoms with Crippen LogP contribution in [-0.4, -0.2) is 22.8 Å². The Kier molecular flexibility index (Phi) is 5.54. The summed E-state index contributed by atoms with van der Waals surface area (Å²) in [7, 11) is 1.60. The maximum atomic E-state index is 13.1. The standard InChI is InChI=1S/C21H22FN3O2/c1-14(24-21(26)12-16-5-4-6-19(11-16)27-3)20-13-23-25(15(20)2)18-9-7-17(22)8-10-18/h4-11,13-14H,12H2,1-3H3,(H,24,26). The number of methoxy groups -OCH3 is 1. The molecule has 3 rings (SSSR count). The summed E-state index contributed by atoms with van der Waals surface area (Å²) in [6, 6.07) is 13.4. The van der Waals surface area contributed by atoms with E-state index in [1.807, 2.05) is 38.1 Å². The van der Waals surface area contributed by atoms with Gasteiger partial charge in [0.05, 0.1) is 31.5 Å². The van der Waals surface area contributed by atoms with Crippen LogP contribution in [0.5, 0.6) is 5.75 Å². The van der Waals surface area contributed by atoms with E-state index in [0.29, 0.717) is 0 Å². The lowest BCUT2D eigenvalue weighted by Gasteiger charge is -2.14. The summed E-state index contributed by atoms with van der Waals surface area (Å²) >= 11 is 0. The van der Waals surface area contributed by atoms with E-state index in [-0.39, 0.29) is 24.2 Å². The number of aromatic nitrogens is 2. The molecule has 0 radical (unpaired) electrons. The maximum absolute atomic E-state index is 13.1. The van der Waals surface area contributed by atoms with Gasteiger partial charge in [0.25, 0.3) is 0 Å². The van der Waals surface area contributed by atoms with Gasteiger partial charge in [-0.15, -0.1) is 0 Å². The predicted octanol–water partition coefficient (Wildman–Crippen LogP) is 3.75. The molecule has 1 N–H and O–H groups in total. The fraction of sp³-hybridized carbons (Fsp3) is 0.238. The van der Waals surface area contributed by atoms with Gasteiger partial charge in [0.15, 0.2) is 0 Å². The van der Waals surface area contributed by atoms with Crippen molar-refractivity contribution in [3.8, 4) is 11.4 Å². The summed E-state index contributed by atoms with van der Waals surface area (Å²) in [5.41, 5.74) is 3.47. The van der Waals surface area contributed by atoms with Gasteiger partial charge < -0.3 is 10.1 Å². The van der Waals surface area contributed by atoms with Crippen LogP contribution in [0.15, 0.2) is 54.7 Å². The first kappa shape index (κ1) is 18.6. The number of hydrogen-bond acceptors (Lipinski definition) is 3. The molecule has 1 aromatic heterocycles. The van der Waals surface area contributed by atoms with E-state index in [1.54, 1.807) is 30.1 Å². The lowest BCUT2D eigenvalue weighted by Crippen LogP contribution is -2.28. The van der Waals surface area contributed by atoms with Crippen LogP contribution >= 0.6 is 0 Å². The van der Waals surface area contributed by atoms with Crippen molar-refractivity contribution in [2.45, 2.75) is 26.3 Å². The highest BCUT2D eigenvalue weighted by Gasteiger charge is 2.16. The topological polar surface area (TPSA) is 56.1 Å². The molecular weight excluding hydrogens is 345 g/mol. The van der Waals surface area contributed by atoms with E-state index in [0.717, 1.165) is 28.3 Å². The van der Waals surface area contributed by atoms with Crippen LogP contribution in [0.1, 0.15) is 29.8 Å². The Morgan fingerprint density at radius 2 is 2.00 bits per heavy atom. The van der Waals surface area contributed by atoms with Crippen LogP contribution in [0.3, 0.4) is 0 Å². The average Bonchev–Trinajstić information content (AvgIpc) is 3.04. The number of hydrogen-bond donors (Lipinski definition) is 1. The third-order valence-electron chi connectivity index (χ3n) is 4.46. The molecule has 0 saturated heterocycles. The number of carbonyl (C=O) groups excluding carboxylic acids is 1. The Hall–Kier alpha value is -3.15. The molecule has 5 nitrogen and oxygen atoms in total.